The first-order chi connectivity index (χ1) is 11.8. The van der Waals surface area contributed by atoms with Crippen LogP contribution >= 0.6 is 11.8 Å². The number of piperidine rings is 1. The Balaban J connectivity index is 1.44. The third kappa shape index (κ3) is 3.05. The van der Waals surface area contributed by atoms with Gasteiger partial charge >= 0.3 is 0 Å². The summed E-state index contributed by atoms with van der Waals surface area (Å²) in [6, 6.07) is 10.4. The maximum absolute atomic E-state index is 13.1. The van der Waals surface area contributed by atoms with Crippen LogP contribution < -0.4 is 0 Å². The Morgan fingerprint density at radius 1 is 1.12 bits per heavy atom. The Labute approximate surface area is 146 Å². The topological polar surface area (TPSA) is 46.1 Å². The minimum atomic E-state index is 0.0399. The summed E-state index contributed by atoms with van der Waals surface area (Å²) in [5.41, 5.74) is 2.33. The number of thioether (sulfide) groups is 1. The molecule has 0 saturated carbocycles. The smallest absolute Gasteiger partial charge is 0.230 e. The van der Waals surface area contributed by atoms with Crippen LogP contribution in [-0.4, -0.2) is 39.6 Å². The summed E-state index contributed by atoms with van der Waals surface area (Å²) in [6.07, 6.45) is 6.35. The summed E-state index contributed by atoms with van der Waals surface area (Å²) >= 11 is 1.87. The standard InChI is InChI=1S/C19H21N3OS/c23-19(16-8-12-24-18-4-2-1-3-15(16)18)22-10-6-14(7-11-22)17-5-9-20-13-21-17/h1-5,9,13-14,16H,6-8,10-12H2. The number of hydrogen-bond acceptors (Lipinski definition) is 4. The van der Waals surface area contributed by atoms with Gasteiger partial charge in [0.2, 0.25) is 5.91 Å². The number of benzene rings is 1. The fourth-order valence-electron chi connectivity index (χ4n) is 3.76. The minimum Gasteiger partial charge on any atom is -0.342 e. The third-order valence-electron chi connectivity index (χ3n) is 5.09. The monoisotopic (exact) mass is 339 g/mol. The van der Waals surface area contributed by atoms with Crippen LogP contribution in [0.1, 0.15) is 42.4 Å². The molecule has 1 unspecified atom stereocenters. The van der Waals surface area contributed by atoms with Crippen molar-refractivity contribution in [2.75, 3.05) is 18.8 Å². The average molecular weight is 339 g/mol. The molecule has 0 radical (unpaired) electrons. The number of fused-ring (bicyclic) bond motifs is 1. The average Bonchev–Trinajstić information content (AvgIpc) is 2.68. The fraction of sp³-hybridized carbons (Fsp3) is 0.421. The second-order valence-corrected chi connectivity index (χ2v) is 7.60. The summed E-state index contributed by atoms with van der Waals surface area (Å²) in [6.45, 7) is 1.67. The first kappa shape index (κ1) is 15.6. The maximum Gasteiger partial charge on any atom is 0.230 e. The summed E-state index contributed by atoms with van der Waals surface area (Å²) in [5, 5.41) is 0. The highest BCUT2D eigenvalue weighted by Gasteiger charge is 2.32. The molecule has 1 atom stereocenters. The highest BCUT2D eigenvalue weighted by Crippen LogP contribution is 2.39. The summed E-state index contributed by atoms with van der Waals surface area (Å²) in [4.78, 5) is 24.8. The molecule has 1 saturated heterocycles. The molecule has 0 N–H and O–H groups in total. The first-order valence-corrected chi connectivity index (χ1v) is 9.58. The number of hydrogen-bond donors (Lipinski definition) is 0. The van der Waals surface area contributed by atoms with Gasteiger partial charge in [0.25, 0.3) is 0 Å². The molecule has 1 aromatic heterocycles. The van der Waals surface area contributed by atoms with E-state index in [1.165, 1.54) is 10.5 Å². The Morgan fingerprint density at radius 3 is 2.75 bits per heavy atom. The Hall–Kier alpha value is -1.88. The van der Waals surface area contributed by atoms with Crippen molar-refractivity contribution in [1.82, 2.24) is 14.9 Å². The number of rotatable bonds is 2. The van der Waals surface area contributed by atoms with E-state index in [-0.39, 0.29) is 5.92 Å². The van der Waals surface area contributed by atoms with E-state index in [0.717, 1.165) is 43.8 Å². The molecule has 0 bridgehead atoms. The van der Waals surface area contributed by atoms with Gasteiger partial charge in [0.15, 0.2) is 0 Å². The molecule has 1 amide bonds. The van der Waals surface area contributed by atoms with Crippen molar-refractivity contribution in [2.24, 2.45) is 0 Å². The lowest BCUT2D eigenvalue weighted by Crippen LogP contribution is -2.41. The van der Waals surface area contributed by atoms with Crippen LogP contribution in [0.2, 0.25) is 0 Å². The molecule has 4 nitrogen and oxygen atoms in total. The van der Waals surface area contributed by atoms with Gasteiger partial charge in [-0.1, -0.05) is 18.2 Å². The fourth-order valence-corrected chi connectivity index (χ4v) is 4.88. The normalized spacial score (nSPS) is 21.3. The Kier molecular flexibility index (Phi) is 4.52. The zero-order valence-corrected chi connectivity index (χ0v) is 14.4. The predicted octanol–water partition coefficient (Wildman–Crippen LogP) is 3.46. The van der Waals surface area contributed by atoms with Crippen LogP contribution in [-0.2, 0) is 4.79 Å². The van der Waals surface area contributed by atoms with Crippen molar-refractivity contribution < 1.29 is 4.79 Å². The van der Waals surface area contributed by atoms with Gasteiger partial charge in [-0.2, -0.15) is 0 Å². The molecule has 5 heteroatoms. The SMILES string of the molecule is O=C(C1CCSc2ccccc21)N1CCC(c2ccncn2)CC1. The molecule has 24 heavy (non-hydrogen) atoms. The second-order valence-electron chi connectivity index (χ2n) is 6.46. The van der Waals surface area contributed by atoms with Crippen molar-refractivity contribution in [3.05, 3.63) is 54.1 Å². The lowest BCUT2D eigenvalue weighted by molar-refractivity contribution is -0.134. The minimum absolute atomic E-state index is 0.0399. The van der Waals surface area contributed by atoms with Gasteiger partial charge in [0.05, 0.1) is 5.92 Å². The number of carbonyl (C=O) groups excluding carboxylic acids is 1. The lowest BCUT2D eigenvalue weighted by Gasteiger charge is -2.35. The van der Waals surface area contributed by atoms with Crippen molar-refractivity contribution in [3.8, 4) is 0 Å². The van der Waals surface area contributed by atoms with E-state index in [0.29, 0.717) is 11.8 Å². The largest absolute Gasteiger partial charge is 0.342 e. The highest BCUT2D eigenvalue weighted by molar-refractivity contribution is 7.99. The molecular formula is C19H21N3OS. The molecule has 0 aliphatic carbocycles. The van der Waals surface area contributed by atoms with E-state index in [9.17, 15) is 4.79 Å². The van der Waals surface area contributed by atoms with Crippen molar-refractivity contribution >= 4 is 17.7 Å². The summed E-state index contributed by atoms with van der Waals surface area (Å²) in [5.74, 6) is 1.83. The molecule has 2 aliphatic heterocycles. The van der Waals surface area contributed by atoms with Crippen LogP contribution in [0.25, 0.3) is 0 Å². The van der Waals surface area contributed by atoms with Crippen LogP contribution in [0.4, 0.5) is 0 Å². The number of amides is 1. The number of carbonyl (C=O) groups is 1. The van der Waals surface area contributed by atoms with Crippen molar-refractivity contribution in [2.45, 2.75) is 36.0 Å². The molecule has 1 fully saturated rings. The van der Waals surface area contributed by atoms with Gasteiger partial charge in [-0.05, 0) is 42.7 Å². The molecule has 2 aliphatic rings. The summed E-state index contributed by atoms with van der Waals surface area (Å²) < 4.78 is 0. The molecule has 1 aromatic carbocycles. The van der Waals surface area contributed by atoms with E-state index in [4.69, 9.17) is 0 Å². The zero-order valence-electron chi connectivity index (χ0n) is 13.6. The zero-order chi connectivity index (χ0) is 16.4. The second kappa shape index (κ2) is 6.93. The van der Waals surface area contributed by atoms with Gasteiger partial charge in [-0.15, -0.1) is 11.8 Å². The van der Waals surface area contributed by atoms with Gasteiger partial charge in [-0.25, -0.2) is 9.97 Å². The number of likely N-dealkylation sites (tertiary alicyclic amines) is 1. The van der Waals surface area contributed by atoms with E-state index in [1.807, 2.05) is 23.9 Å². The van der Waals surface area contributed by atoms with Gasteiger partial charge in [0, 0.05) is 35.8 Å². The van der Waals surface area contributed by atoms with Crippen LogP contribution in [0.5, 0.6) is 0 Å². The molecule has 3 heterocycles. The lowest BCUT2D eigenvalue weighted by atomic mass is 9.90. The van der Waals surface area contributed by atoms with E-state index in [2.05, 4.69) is 33.1 Å². The number of nitrogens with zero attached hydrogens (tertiary/aromatic N) is 3. The first-order valence-electron chi connectivity index (χ1n) is 8.59. The van der Waals surface area contributed by atoms with E-state index < -0.39 is 0 Å². The Bertz CT molecular complexity index is 714. The Morgan fingerprint density at radius 2 is 1.96 bits per heavy atom. The van der Waals surface area contributed by atoms with Crippen molar-refractivity contribution in [3.63, 3.8) is 0 Å². The van der Waals surface area contributed by atoms with Gasteiger partial charge in [0.1, 0.15) is 6.33 Å². The van der Waals surface area contributed by atoms with E-state index in [1.54, 1.807) is 12.5 Å². The molecule has 2 aromatic rings. The van der Waals surface area contributed by atoms with Gasteiger partial charge in [-0.3, -0.25) is 4.79 Å². The van der Waals surface area contributed by atoms with E-state index >= 15 is 0 Å². The number of aromatic nitrogens is 2. The van der Waals surface area contributed by atoms with Crippen molar-refractivity contribution in [1.29, 1.82) is 0 Å². The quantitative estimate of drug-likeness (QED) is 0.840. The third-order valence-corrected chi connectivity index (χ3v) is 6.21. The van der Waals surface area contributed by atoms with Crippen LogP contribution in [0.15, 0.2) is 47.8 Å². The summed E-state index contributed by atoms with van der Waals surface area (Å²) in [7, 11) is 0. The molecular weight excluding hydrogens is 318 g/mol. The predicted molar refractivity (Wildman–Crippen MR) is 95.1 cm³/mol. The van der Waals surface area contributed by atoms with Crippen LogP contribution in [0, 0.1) is 0 Å². The maximum atomic E-state index is 13.1. The molecule has 4 rings (SSSR count). The highest BCUT2D eigenvalue weighted by atomic mass is 32.2. The molecule has 0 spiro atoms. The van der Waals surface area contributed by atoms with Gasteiger partial charge < -0.3 is 4.90 Å². The van der Waals surface area contributed by atoms with Crippen LogP contribution in [0.3, 0.4) is 0 Å². The molecule has 124 valence electrons.